The maximum atomic E-state index is 12.7. The lowest BCUT2D eigenvalue weighted by atomic mass is 10.1. The number of nitrogens with one attached hydrogen (secondary N) is 2. The number of piperazine rings is 1. The molecular weight excluding hydrogens is 769 g/mol. The van der Waals surface area contributed by atoms with Crippen LogP contribution in [0.1, 0.15) is 46.7 Å². The minimum absolute atomic E-state index is 0.0942. The van der Waals surface area contributed by atoms with Crippen molar-refractivity contribution in [2.75, 3.05) is 82.3 Å². The molecule has 302 valence electrons. The smallest absolute Gasteiger partial charge is 0.280 e. The second kappa shape index (κ2) is 18.1. The summed E-state index contributed by atoms with van der Waals surface area (Å²) in [6.07, 6.45) is 2.37. The Kier molecular flexibility index (Phi) is 13.3. The van der Waals surface area contributed by atoms with Crippen LogP contribution >= 0.6 is 23.2 Å². The van der Waals surface area contributed by atoms with E-state index in [-0.39, 0.29) is 69.0 Å². The van der Waals surface area contributed by atoms with Crippen LogP contribution in [0.2, 0.25) is 10.3 Å². The number of halogens is 2. The zero-order valence-corrected chi connectivity index (χ0v) is 32.3. The predicted molar refractivity (Wildman–Crippen MR) is 216 cm³/mol. The summed E-state index contributed by atoms with van der Waals surface area (Å²) in [6.45, 7) is 9.59. The first-order valence-electron chi connectivity index (χ1n) is 17.6. The standard InChI is InChI=1S/C31H47Cl2N21O2/c1-15(52-7-3-16(4-8-52)42-28(38)48-26(55)18-22(34)46-24(36)20(32)44-18)41-31(50-30(40)53-13-11-51(2)12-14-53)54-9-5-17(6-10-54)43-29(39)49-27(56)19-23(35)47-25(37)21(33)45-19/h16-17H,1,3-14H2,2H3,(H4,34,36,46)(H4,35,37,47)(H2,40,41,50)(H3,38,42,48,55)(H3,39,43,49,56). The maximum Gasteiger partial charge on any atom is 0.280 e. The number of carbonyl (C=O) groups excluding carboxylic acids is 2. The summed E-state index contributed by atoms with van der Waals surface area (Å²) in [4.78, 5) is 67.7. The molecule has 5 rings (SSSR count). The molecule has 0 aromatic carbocycles. The molecule has 2 amide bonds. The number of likely N-dealkylation sites (N-methyl/N-ethyl adjacent to an activating group) is 1. The van der Waals surface area contributed by atoms with Gasteiger partial charge >= 0.3 is 0 Å². The molecule has 0 atom stereocenters. The van der Waals surface area contributed by atoms with Crippen molar-refractivity contribution in [3.8, 4) is 0 Å². The first-order chi connectivity index (χ1) is 26.6. The van der Waals surface area contributed by atoms with E-state index in [1.54, 1.807) is 0 Å². The van der Waals surface area contributed by atoms with Crippen LogP contribution in [0.5, 0.6) is 0 Å². The average Bonchev–Trinajstić information content (AvgIpc) is 3.14. The van der Waals surface area contributed by atoms with Gasteiger partial charge in [-0.1, -0.05) is 29.8 Å². The molecule has 16 N–H and O–H groups in total. The highest BCUT2D eigenvalue weighted by Gasteiger charge is 2.27. The topological polar surface area (TPSA) is 354 Å². The minimum Gasteiger partial charge on any atom is -0.382 e. The van der Waals surface area contributed by atoms with Gasteiger partial charge < -0.3 is 59.7 Å². The van der Waals surface area contributed by atoms with Crippen LogP contribution < -0.4 is 50.8 Å². The number of guanidine groups is 4. The molecule has 3 aliphatic heterocycles. The summed E-state index contributed by atoms with van der Waals surface area (Å²) in [5.41, 5.74) is 41.0. The maximum absolute atomic E-state index is 12.7. The van der Waals surface area contributed by atoms with Crippen LogP contribution in [0, 0.1) is 0 Å². The van der Waals surface area contributed by atoms with Crippen molar-refractivity contribution in [2.45, 2.75) is 37.8 Å². The average molecular weight is 817 g/mol. The van der Waals surface area contributed by atoms with Crippen LogP contribution in [0.4, 0.5) is 23.3 Å². The zero-order chi connectivity index (χ0) is 40.7. The van der Waals surface area contributed by atoms with Crippen LogP contribution in [0.25, 0.3) is 0 Å². The summed E-state index contributed by atoms with van der Waals surface area (Å²) in [5.74, 6) is -0.923. The number of nitrogens with zero attached hydrogens (tertiary/aromatic N) is 12. The van der Waals surface area contributed by atoms with Crippen LogP contribution in [-0.2, 0) is 0 Å². The second-order valence-electron chi connectivity index (χ2n) is 13.2. The van der Waals surface area contributed by atoms with Gasteiger partial charge in [-0.2, -0.15) is 9.98 Å². The molecule has 0 radical (unpaired) electrons. The SMILES string of the molecule is C=C(N=C(N=C(N)N1CCN(C)CC1)N1CCC(N=C(N)NC(=O)c2nc(Cl)c(N)nc2N)CC1)N1CCC(N=C(N)NC(=O)c2nc(Cl)c(N)nc2N)CC1. The number of carbonyl (C=O) groups is 2. The Balaban J connectivity index is 1.21. The highest BCUT2D eigenvalue weighted by atomic mass is 35.5. The Morgan fingerprint density at radius 2 is 1.07 bits per heavy atom. The zero-order valence-electron chi connectivity index (χ0n) is 30.8. The molecule has 5 heterocycles. The number of aromatic nitrogens is 4. The second-order valence-corrected chi connectivity index (χ2v) is 13.9. The predicted octanol–water partition coefficient (Wildman–Crippen LogP) is -1.99. The molecule has 3 saturated heterocycles. The van der Waals surface area contributed by atoms with Crippen molar-refractivity contribution in [2.24, 2.45) is 37.2 Å². The van der Waals surface area contributed by atoms with Gasteiger partial charge in [-0.3, -0.25) is 20.2 Å². The number of hydrogen-bond acceptors (Lipinski definition) is 15. The number of rotatable bonds is 6. The lowest BCUT2D eigenvalue weighted by molar-refractivity contribution is 0.0963. The van der Waals surface area contributed by atoms with Gasteiger partial charge in [0.15, 0.2) is 62.8 Å². The van der Waals surface area contributed by atoms with E-state index in [1.165, 1.54) is 0 Å². The molecule has 25 heteroatoms. The van der Waals surface area contributed by atoms with E-state index in [0.29, 0.717) is 69.6 Å². The van der Waals surface area contributed by atoms with Crippen molar-refractivity contribution < 1.29 is 9.59 Å². The fourth-order valence-electron chi connectivity index (χ4n) is 6.04. The lowest BCUT2D eigenvalue weighted by Crippen LogP contribution is -2.50. The summed E-state index contributed by atoms with van der Waals surface area (Å²) in [7, 11) is 2.06. The Bertz CT molecular complexity index is 1930. The summed E-state index contributed by atoms with van der Waals surface area (Å²) in [5, 5.41) is 4.64. The molecular formula is C31H47Cl2N21O2. The van der Waals surface area contributed by atoms with Gasteiger partial charge in [0.05, 0.1) is 12.1 Å². The lowest BCUT2D eigenvalue weighted by Gasteiger charge is -2.35. The van der Waals surface area contributed by atoms with E-state index in [4.69, 9.17) is 73.3 Å². The van der Waals surface area contributed by atoms with Gasteiger partial charge in [-0.15, -0.1) is 0 Å². The summed E-state index contributed by atoms with van der Waals surface area (Å²) < 4.78 is 0. The fraction of sp³-hybridized carbons (Fsp3) is 0.484. The third kappa shape index (κ3) is 10.6. The van der Waals surface area contributed by atoms with Gasteiger partial charge in [0.1, 0.15) is 5.82 Å². The largest absolute Gasteiger partial charge is 0.382 e. The Morgan fingerprint density at radius 1 is 0.643 bits per heavy atom. The van der Waals surface area contributed by atoms with Gasteiger partial charge in [0, 0.05) is 52.4 Å². The normalized spacial score (nSPS) is 18.6. The van der Waals surface area contributed by atoms with Crippen molar-refractivity contribution in [3.05, 3.63) is 34.1 Å². The van der Waals surface area contributed by atoms with Gasteiger partial charge in [0.25, 0.3) is 11.8 Å². The van der Waals surface area contributed by atoms with E-state index in [2.05, 4.69) is 59.1 Å². The molecule has 0 unspecified atom stereocenters. The van der Waals surface area contributed by atoms with Gasteiger partial charge in [-0.05, 0) is 32.7 Å². The highest BCUT2D eigenvalue weighted by Crippen LogP contribution is 2.22. The molecule has 2 aromatic heterocycles. The van der Waals surface area contributed by atoms with Crippen molar-refractivity contribution >= 4 is 82.1 Å². The molecule has 3 fully saturated rings. The van der Waals surface area contributed by atoms with Crippen molar-refractivity contribution in [1.82, 2.24) is 50.2 Å². The molecule has 2 aromatic rings. The van der Waals surface area contributed by atoms with E-state index in [9.17, 15) is 9.59 Å². The van der Waals surface area contributed by atoms with E-state index < -0.39 is 11.8 Å². The van der Waals surface area contributed by atoms with Crippen molar-refractivity contribution in [3.63, 3.8) is 0 Å². The van der Waals surface area contributed by atoms with Crippen LogP contribution in [-0.4, -0.2) is 147 Å². The molecule has 0 saturated carbocycles. The summed E-state index contributed by atoms with van der Waals surface area (Å²) >= 11 is 11.8. The first-order valence-corrected chi connectivity index (χ1v) is 18.3. The minimum atomic E-state index is -0.718. The molecule has 56 heavy (non-hydrogen) atoms. The molecule has 3 aliphatic rings. The Labute approximate surface area is 332 Å². The number of amides is 2. The Morgan fingerprint density at radius 3 is 1.52 bits per heavy atom. The third-order valence-corrected chi connectivity index (χ3v) is 9.77. The third-order valence-electron chi connectivity index (χ3n) is 9.21. The van der Waals surface area contributed by atoms with Gasteiger partial charge in [-0.25, -0.2) is 29.9 Å². The number of nitrogen functional groups attached to an aromatic ring is 4. The van der Waals surface area contributed by atoms with Crippen LogP contribution in [0.15, 0.2) is 32.4 Å². The number of piperidine rings is 2. The van der Waals surface area contributed by atoms with Crippen molar-refractivity contribution in [1.29, 1.82) is 0 Å². The fourth-order valence-corrected chi connectivity index (χ4v) is 6.29. The molecule has 23 nitrogen and oxygen atoms in total. The first kappa shape index (κ1) is 41.2. The van der Waals surface area contributed by atoms with E-state index in [0.717, 1.165) is 26.2 Å². The molecule has 0 bridgehead atoms. The van der Waals surface area contributed by atoms with E-state index >= 15 is 0 Å². The quantitative estimate of drug-likeness (QED) is 0.113. The molecule has 0 spiro atoms. The number of anilines is 4. The number of aliphatic imine (C=N–C) groups is 4. The highest BCUT2D eigenvalue weighted by molar-refractivity contribution is 6.32. The number of likely N-dealkylation sites (tertiary alicyclic amines) is 2. The number of hydrogen-bond donors (Lipinski definition) is 9. The van der Waals surface area contributed by atoms with E-state index in [1.807, 2.05) is 14.7 Å². The summed E-state index contributed by atoms with van der Waals surface area (Å²) in [6, 6.07) is -0.390. The molecule has 0 aliphatic carbocycles. The van der Waals surface area contributed by atoms with Gasteiger partial charge in [0.2, 0.25) is 5.96 Å². The number of nitrogens with two attached hydrogens (primary N) is 7. The monoisotopic (exact) mass is 815 g/mol. The Hall–Kier alpha value is -5.94. The van der Waals surface area contributed by atoms with Crippen LogP contribution in [0.3, 0.4) is 0 Å².